The highest BCUT2D eigenvalue weighted by Crippen LogP contribution is 2.34. The summed E-state index contributed by atoms with van der Waals surface area (Å²) in [6.45, 7) is 1.24. The number of anilines is 2. The molecule has 9 nitrogen and oxygen atoms in total. The van der Waals surface area contributed by atoms with Crippen LogP contribution >= 0.6 is 49.7 Å². The maximum atomic E-state index is 13.3. The van der Waals surface area contributed by atoms with Crippen molar-refractivity contribution in [3.8, 4) is 0 Å². The van der Waals surface area contributed by atoms with Crippen molar-refractivity contribution in [2.24, 2.45) is 0 Å². The minimum atomic E-state index is -0.831. The van der Waals surface area contributed by atoms with Crippen molar-refractivity contribution in [3.63, 3.8) is 0 Å². The van der Waals surface area contributed by atoms with Crippen LogP contribution in [0.4, 0.5) is 19.0 Å². The fourth-order valence-electron chi connectivity index (χ4n) is 5.18. The lowest BCUT2D eigenvalue weighted by Gasteiger charge is -2.07. The van der Waals surface area contributed by atoms with Crippen molar-refractivity contribution >= 4 is 114 Å². The molecule has 0 saturated carbocycles. The van der Waals surface area contributed by atoms with E-state index in [9.17, 15) is 18.4 Å². The van der Waals surface area contributed by atoms with Gasteiger partial charge in [-0.05, 0) is 85.0 Å². The number of fused-ring (bicyclic) bond motifs is 6. The summed E-state index contributed by atoms with van der Waals surface area (Å²) in [5.74, 6) is -1.46. The minimum absolute atomic E-state index is 0. The SMILES string of the molecule is Nc1nc2ccc3cc(F)ccc3c2s1.O=C(Nc1nc2ccc3cc(F)ccc3c2s1)[C@@H]1CCCO1.O=C(O)[C@@H]1CCCO1.S.S. The Morgan fingerprint density at radius 3 is 1.83 bits per heavy atom. The van der Waals surface area contributed by atoms with Crippen LogP contribution in [-0.2, 0) is 19.1 Å². The summed E-state index contributed by atoms with van der Waals surface area (Å²) in [6, 6.07) is 16.8. The second-order valence-electron chi connectivity index (χ2n) is 10.5. The van der Waals surface area contributed by atoms with Crippen LogP contribution in [0, 0.1) is 11.6 Å². The molecule has 2 saturated heterocycles. The average molecular weight is 719 g/mol. The van der Waals surface area contributed by atoms with Crippen LogP contribution in [-0.4, -0.2) is 52.4 Å². The van der Waals surface area contributed by atoms with E-state index < -0.39 is 12.1 Å². The molecule has 4 aromatic carbocycles. The summed E-state index contributed by atoms with van der Waals surface area (Å²) in [7, 11) is 0. The van der Waals surface area contributed by atoms with Crippen molar-refractivity contribution in [3.05, 3.63) is 72.3 Å². The Balaban J connectivity index is 0.000000174. The van der Waals surface area contributed by atoms with Crippen LogP contribution in [0.1, 0.15) is 25.7 Å². The molecule has 6 aromatic rings. The van der Waals surface area contributed by atoms with Gasteiger partial charge in [0.25, 0.3) is 5.91 Å². The summed E-state index contributed by atoms with van der Waals surface area (Å²) in [5, 5.41) is 15.8. The monoisotopic (exact) mass is 718 g/mol. The topological polar surface area (TPSA) is 137 Å². The van der Waals surface area contributed by atoms with Gasteiger partial charge >= 0.3 is 5.97 Å². The third-order valence-corrected chi connectivity index (χ3v) is 9.29. The molecule has 1 amide bonds. The van der Waals surface area contributed by atoms with E-state index in [1.54, 1.807) is 12.1 Å². The van der Waals surface area contributed by atoms with E-state index in [1.165, 1.54) is 46.9 Å². The number of benzene rings is 4. The number of nitrogens with two attached hydrogens (primary N) is 1. The molecular formula is C32H32F2N4O5S4. The number of thiazole rings is 2. The van der Waals surface area contributed by atoms with E-state index in [-0.39, 0.29) is 50.6 Å². The van der Waals surface area contributed by atoms with Gasteiger partial charge < -0.3 is 20.3 Å². The largest absolute Gasteiger partial charge is 0.479 e. The first-order chi connectivity index (χ1) is 21.7. The van der Waals surface area contributed by atoms with E-state index in [1.807, 2.05) is 24.3 Å². The standard InChI is InChI=1S/C16H13FN2O2S.C11H7FN2S.C5H8O3.2H2S/c17-10-4-5-11-9(8-10)3-6-12-14(11)22-16(18-12)19-15(20)13-2-1-7-21-13;12-7-2-3-8-6(5-7)1-4-9-10(8)15-11(13)14-9;6-5(7)4-2-1-3-8-4;;/h3-6,8,13H,1-2,7H2,(H,18,19,20);1-5H,(H2,13,14);4H,1-3H2,(H,6,7);2*1H2/t13-;;4-;;/m0.0../s1. The van der Waals surface area contributed by atoms with Crippen LogP contribution in [0.25, 0.3) is 42.0 Å². The predicted molar refractivity (Wildman–Crippen MR) is 194 cm³/mol. The smallest absolute Gasteiger partial charge is 0.332 e. The van der Waals surface area contributed by atoms with Crippen LogP contribution < -0.4 is 11.1 Å². The number of aliphatic carboxylic acids is 1. The lowest BCUT2D eigenvalue weighted by Crippen LogP contribution is -2.26. The molecule has 47 heavy (non-hydrogen) atoms. The number of nitrogens with zero attached hydrogens (tertiary/aromatic N) is 2. The molecule has 15 heteroatoms. The Morgan fingerprint density at radius 1 is 0.787 bits per heavy atom. The van der Waals surface area contributed by atoms with Gasteiger partial charge in [-0.3, -0.25) is 10.1 Å². The highest BCUT2D eigenvalue weighted by Gasteiger charge is 2.24. The zero-order valence-electron chi connectivity index (χ0n) is 24.8. The second kappa shape index (κ2) is 16.0. The van der Waals surface area contributed by atoms with E-state index >= 15 is 0 Å². The molecule has 2 fully saturated rings. The Labute approximate surface area is 290 Å². The number of carboxylic acids is 1. The van der Waals surface area contributed by atoms with E-state index in [0.717, 1.165) is 61.2 Å². The maximum absolute atomic E-state index is 13.3. The molecule has 2 aliphatic heterocycles. The van der Waals surface area contributed by atoms with Gasteiger partial charge in [0, 0.05) is 24.0 Å². The molecular weight excluding hydrogens is 687 g/mol. The zero-order chi connectivity index (χ0) is 31.5. The Morgan fingerprint density at radius 2 is 1.32 bits per heavy atom. The number of hydrogen-bond donors (Lipinski definition) is 3. The van der Waals surface area contributed by atoms with Gasteiger partial charge in [-0.2, -0.15) is 27.0 Å². The van der Waals surface area contributed by atoms with Gasteiger partial charge in [0.1, 0.15) is 17.7 Å². The van der Waals surface area contributed by atoms with Crippen molar-refractivity contribution in [1.29, 1.82) is 0 Å². The Bertz CT molecular complexity index is 2030. The van der Waals surface area contributed by atoms with Crippen molar-refractivity contribution in [1.82, 2.24) is 9.97 Å². The van der Waals surface area contributed by atoms with E-state index in [4.69, 9.17) is 20.3 Å². The highest BCUT2D eigenvalue weighted by atomic mass is 32.1. The van der Waals surface area contributed by atoms with Crippen molar-refractivity contribution < 1.29 is 33.0 Å². The molecule has 0 spiro atoms. The molecule has 0 radical (unpaired) electrons. The first-order valence-electron chi connectivity index (χ1n) is 14.2. The number of carboxylic acid groups (broad SMARTS) is 1. The molecule has 4 N–H and O–H groups in total. The first kappa shape index (κ1) is 36.2. The number of hydrogen-bond acceptors (Lipinski definition) is 9. The molecule has 2 aliphatic rings. The number of carbonyl (C=O) groups excluding carboxylic acids is 1. The minimum Gasteiger partial charge on any atom is -0.479 e. The van der Waals surface area contributed by atoms with E-state index in [2.05, 4.69) is 15.3 Å². The number of halogens is 2. The molecule has 0 aliphatic carbocycles. The number of nitrogens with one attached hydrogen (secondary N) is 1. The summed E-state index contributed by atoms with van der Waals surface area (Å²) in [5.41, 5.74) is 7.31. The number of rotatable bonds is 3. The highest BCUT2D eigenvalue weighted by molar-refractivity contribution is 7.59. The fraction of sp³-hybridized carbons (Fsp3) is 0.250. The zero-order valence-corrected chi connectivity index (χ0v) is 28.4. The van der Waals surface area contributed by atoms with Crippen LogP contribution in [0.5, 0.6) is 0 Å². The second-order valence-corrected chi connectivity index (χ2v) is 12.5. The summed E-state index contributed by atoms with van der Waals surface area (Å²) in [6.07, 6.45) is 2.33. The number of ether oxygens (including phenoxy) is 2. The maximum Gasteiger partial charge on any atom is 0.332 e. The van der Waals surface area contributed by atoms with Crippen LogP contribution in [0.2, 0.25) is 0 Å². The van der Waals surface area contributed by atoms with E-state index in [0.29, 0.717) is 29.9 Å². The number of carbonyl (C=O) groups is 2. The lowest BCUT2D eigenvalue weighted by molar-refractivity contribution is -0.147. The van der Waals surface area contributed by atoms with Gasteiger partial charge in [0.15, 0.2) is 16.4 Å². The first-order valence-corrected chi connectivity index (χ1v) is 15.9. The molecule has 248 valence electrons. The number of nitrogen functional groups attached to an aromatic ring is 1. The summed E-state index contributed by atoms with van der Waals surface area (Å²) in [4.78, 5) is 30.8. The van der Waals surface area contributed by atoms with Gasteiger partial charge in [-0.15, -0.1) is 0 Å². The Kier molecular flexibility index (Phi) is 12.3. The van der Waals surface area contributed by atoms with Gasteiger partial charge in [0.2, 0.25) is 0 Å². The van der Waals surface area contributed by atoms with Gasteiger partial charge in [-0.25, -0.2) is 23.5 Å². The molecule has 8 rings (SSSR count). The summed E-state index contributed by atoms with van der Waals surface area (Å²) < 4.78 is 38.5. The molecule has 0 unspecified atom stereocenters. The van der Waals surface area contributed by atoms with Crippen molar-refractivity contribution in [2.75, 3.05) is 24.3 Å². The average Bonchev–Trinajstić information content (AvgIpc) is 3.84. The summed E-state index contributed by atoms with van der Waals surface area (Å²) >= 11 is 2.83. The third-order valence-electron chi connectivity index (χ3n) is 7.34. The molecule has 4 heterocycles. The normalized spacial score (nSPS) is 16.9. The van der Waals surface area contributed by atoms with Gasteiger partial charge in [0.05, 0.1) is 20.4 Å². The van der Waals surface area contributed by atoms with Crippen LogP contribution in [0.3, 0.4) is 0 Å². The fourth-order valence-corrected chi connectivity index (χ4v) is 7.05. The van der Waals surface area contributed by atoms with Gasteiger partial charge in [-0.1, -0.05) is 34.8 Å². The molecule has 2 atom stereocenters. The van der Waals surface area contributed by atoms with Crippen molar-refractivity contribution in [2.45, 2.75) is 37.9 Å². The molecule has 2 aromatic heterocycles. The number of amides is 1. The van der Waals surface area contributed by atoms with Crippen LogP contribution in [0.15, 0.2) is 60.7 Å². The quantitative estimate of drug-likeness (QED) is 0.173. The molecule has 0 bridgehead atoms. The Hall–Kier alpha value is -3.60. The number of aromatic nitrogens is 2. The predicted octanol–water partition coefficient (Wildman–Crippen LogP) is 7.35. The lowest BCUT2D eigenvalue weighted by atomic mass is 10.1. The third kappa shape index (κ3) is 8.47.